The first kappa shape index (κ1) is 19.5. The number of alkyl halides is 1. The van der Waals surface area contributed by atoms with Crippen LogP contribution in [0.2, 0.25) is 0 Å². The molecule has 4 aromatic rings. The Labute approximate surface area is 178 Å². The van der Waals surface area contributed by atoms with E-state index in [4.69, 9.17) is 0 Å². The molecule has 1 aromatic carbocycles. The lowest BCUT2D eigenvalue weighted by molar-refractivity contribution is 0.144. The van der Waals surface area contributed by atoms with Crippen molar-refractivity contribution in [1.29, 1.82) is 0 Å². The molecule has 0 saturated carbocycles. The lowest BCUT2D eigenvalue weighted by Crippen LogP contribution is -2.57. The number of nitrogens with zero attached hydrogens (tertiary/aromatic N) is 6. The Bertz CT molecular complexity index is 1390. The first-order valence-corrected chi connectivity index (χ1v) is 11.1. The number of hydrogen-bond acceptors (Lipinski definition) is 6. The minimum absolute atomic E-state index is 0.000780. The van der Waals surface area contributed by atoms with Crippen molar-refractivity contribution >= 4 is 32.3 Å². The van der Waals surface area contributed by atoms with E-state index in [0.717, 1.165) is 11.1 Å². The highest BCUT2D eigenvalue weighted by Gasteiger charge is 2.39. The molecule has 0 amide bonds. The van der Waals surface area contributed by atoms with Crippen LogP contribution in [0.3, 0.4) is 0 Å². The number of hydrogen-bond donors (Lipinski definition) is 1. The average Bonchev–Trinajstić information content (AvgIpc) is 3.35. The molecule has 5 rings (SSSR count). The fraction of sp³-hybridized carbons (Fsp3) is 0.250. The molecule has 0 radical (unpaired) electrons. The lowest BCUT2D eigenvalue weighted by Gasteiger charge is -2.43. The van der Waals surface area contributed by atoms with E-state index in [0.29, 0.717) is 30.1 Å². The summed E-state index contributed by atoms with van der Waals surface area (Å²) in [6.07, 6.45) is 5.93. The Balaban J connectivity index is 1.42. The second-order valence-corrected chi connectivity index (χ2v) is 9.56. The van der Waals surface area contributed by atoms with E-state index in [1.54, 1.807) is 55.3 Å². The van der Waals surface area contributed by atoms with Crippen molar-refractivity contribution in [3.05, 3.63) is 55.1 Å². The number of aryl methyl sites for hydroxylation is 1. The van der Waals surface area contributed by atoms with Crippen LogP contribution < -0.4 is 9.62 Å². The molecule has 1 N–H and O–H groups in total. The van der Waals surface area contributed by atoms with Crippen LogP contribution in [-0.2, 0) is 17.1 Å². The van der Waals surface area contributed by atoms with Crippen molar-refractivity contribution in [2.45, 2.75) is 17.5 Å². The van der Waals surface area contributed by atoms with Gasteiger partial charge in [0.15, 0.2) is 5.82 Å². The monoisotopic (exact) mass is 441 g/mol. The van der Waals surface area contributed by atoms with Crippen LogP contribution in [0.5, 0.6) is 0 Å². The molecule has 0 atom stereocenters. The molecule has 160 valence electrons. The van der Waals surface area contributed by atoms with Crippen molar-refractivity contribution < 1.29 is 12.8 Å². The van der Waals surface area contributed by atoms with Crippen LogP contribution in [-0.4, -0.2) is 51.7 Å². The number of nitrogens with one attached hydrogen (secondary N) is 1. The fourth-order valence-corrected chi connectivity index (χ4v) is 4.75. The molecule has 4 heterocycles. The zero-order valence-corrected chi connectivity index (χ0v) is 17.7. The summed E-state index contributed by atoms with van der Waals surface area (Å²) in [5.41, 5.74) is 0.722. The maximum absolute atomic E-state index is 13.8. The largest absolute Gasteiger partial charge is 0.365 e. The van der Waals surface area contributed by atoms with Gasteiger partial charge in [0, 0.05) is 30.4 Å². The Kier molecular flexibility index (Phi) is 4.26. The van der Waals surface area contributed by atoms with Gasteiger partial charge in [-0.1, -0.05) is 12.1 Å². The van der Waals surface area contributed by atoms with Gasteiger partial charge in [-0.15, -0.1) is 0 Å². The maximum Gasteiger partial charge on any atom is 0.265 e. The number of benzene rings is 1. The van der Waals surface area contributed by atoms with Gasteiger partial charge in [0.25, 0.3) is 10.0 Å². The third-order valence-corrected chi connectivity index (χ3v) is 6.56. The van der Waals surface area contributed by atoms with Crippen LogP contribution in [0.1, 0.15) is 6.92 Å². The smallest absolute Gasteiger partial charge is 0.265 e. The van der Waals surface area contributed by atoms with Crippen LogP contribution in [0.4, 0.5) is 15.8 Å². The van der Waals surface area contributed by atoms with Crippen LogP contribution >= 0.6 is 0 Å². The van der Waals surface area contributed by atoms with E-state index in [1.807, 2.05) is 11.0 Å². The Morgan fingerprint density at radius 1 is 1.16 bits per heavy atom. The Morgan fingerprint density at radius 2 is 1.97 bits per heavy atom. The van der Waals surface area contributed by atoms with E-state index in [9.17, 15) is 12.8 Å². The van der Waals surface area contributed by atoms with Crippen molar-refractivity contribution in [3.63, 3.8) is 0 Å². The van der Waals surface area contributed by atoms with Gasteiger partial charge in [0.2, 0.25) is 0 Å². The van der Waals surface area contributed by atoms with E-state index in [-0.39, 0.29) is 4.90 Å². The quantitative estimate of drug-likeness (QED) is 0.511. The topological polar surface area (TPSA) is 97.9 Å². The molecule has 1 aliphatic heterocycles. The van der Waals surface area contributed by atoms with Crippen molar-refractivity contribution in [2.75, 3.05) is 22.7 Å². The zero-order valence-electron chi connectivity index (χ0n) is 16.9. The number of para-hydroxylation sites is 1. The maximum atomic E-state index is 13.8. The summed E-state index contributed by atoms with van der Waals surface area (Å²) in [6, 6.07) is 8.85. The fourth-order valence-electron chi connectivity index (χ4n) is 3.75. The molecule has 1 saturated heterocycles. The first-order valence-electron chi connectivity index (χ1n) is 9.60. The van der Waals surface area contributed by atoms with E-state index >= 15 is 0 Å². The molecular weight excluding hydrogens is 421 g/mol. The van der Waals surface area contributed by atoms with Gasteiger partial charge in [0.05, 0.1) is 42.9 Å². The minimum Gasteiger partial charge on any atom is -0.365 e. The first-order chi connectivity index (χ1) is 14.7. The lowest BCUT2D eigenvalue weighted by atomic mass is 9.98. The van der Waals surface area contributed by atoms with E-state index in [2.05, 4.69) is 19.9 Å². The Hall–Kier alpha value is -3.47. The molecule has 3 aromatic heterocycles. The van der Waals surface area contributed by atoms with Crippen molar-refractivity contribution in [1.82, 2.24) is 24.5 Å². The van der Waals surface area contributed by atoms with Crippen molar-refractivity contribution in [2.24, 2.45) is 7.05 Å². The number of anilines is 2. The standard InChI is InChI=1S/C20H20FN7O2S/c1-20(21)12-27(13-20)15-6-7-22-18(8-15)28-11-16(10-24-28)31(29,30)25-17-5-3-4-14-9-23-26(2)19(14)17/h3-11,25H,12-13H2,1-2H3. The number of halogens is 1. The molecule has 1 fully saturated rings. The third-order valence-electron chi connectivity index (χ3n) is 5.24. The van der Waals surface area contributed by atoms with Crippen LogP contribution in [0.25, 0.3) is 16.7 Å². The number of pyridine rings is 1. The molecule has 1 aliphatic rings. The molecule has 0 bridgehead atoms. The summed E-state index contributed by atoms with van der Waals surface area (Å²) in [5.74, 6) is 0.445. The Morgan fingerprint density at radius 3 is 2.74 bits per heavy atom. The summed E-state index contributed by atoms with van der Waals surface area (Å²) in [5, 5.41) is 9.17. The SMILES string of the molecule is Cn1ncc2cccc(NS(=O)(=O)c3cnn(-c4cc(N5CC(C)(F)C5)ccn4)c3)c21. The molecule has 0 spiro atoms. The second kappa shape index (κ2) is 6.77. The highest BCUT2D eigenvalue weighted by atomic mass is 32.2. The number of sulfonamides is 1. The number of aromatic nitrogens is 5. The summed E-state index contributed by atoms with van der Waals surface area (Å²) < 4.78 is 45.4. The molecule has 0 aliphatic carbocycles. The molecular formula is C20H20FN7O2S. The molecule has 11 heteroatoms. The van der Waals surface area contributed by atoms with Gasteiger partial charge >= 0.3 is 0 Å². The van der Waals surface area contributed by atoms with Gasteiger partial charge in [-0.05, 0) is 19.1 Å². The van der Waals surface area contributed by atoms with E-state index in [1.165, 1.54) is 17.1 Å². The summed E-state index contributed by atoms with van der Waals surface area (Å²) in [4.78, 5) is 6.16. The number of fused-ring (bicyclic) bond motifs is 1. The van der Waals surface area contributed by atoms with Crippen LogP contribution in [0, 0.1) is 0 Å². The van der Waals surface area contributed by atoms with Gasteiger partial charge in [0.1, 0.15) is 10.6 Å². The third kappa shape index (κ3) is 3.50. The van der Waals surface area contributed by atoms with E-state index < -0.39 is 15.7 Å². The highest BCUT2D eigenvalue weighted by Crippen LogP contribution is 2.31. The minimum atomic E-state index is -3.88. The van der Waals surface area contributed by atoms with Gasteiger partial charge < -0.3 is 4.90 Å². The van der Waals surface area contributed by atoms with Gasteiger partial charge in [-0.2, -0.15) is 10.2 Å². The van der Waals surface area contributed by atoms with Gasteiger partial charge in [-0.3, -0.25) is 9.40 Å². The van der Waals surface area contributed by atoms with Crippen LogP contribution in [0.15, 0.2) is 60.0 Å². The molecule has 9 nitrogen and oxygen atoms in total. The summed E-state index contributed by atoms with van der Waals surface area (Å²) in [7, 11) is -2.13. The predicted octanol–water partition coefficient (Wildman–Crippen LogP) is 2.50. The summed E-state index contributed by atoms with van der Waals surface area (Å²) in [6.45, 7) is 2.17. The zero-order chi connectivity index (χ0) is 21.8. The molecule has 31 heavy (non-hydrogen) atoms. The second-order valence-electron chi connectivity index (χ2n) is 7.88. The summed E-state index contributed by atoms with van der Waals surface area (Å²) >= 11 is 0. The van der Waals surface area contributed by atoms with Crippen molar-refractivity contribution in [3.8, 4) is 5.82 Å². The van der Waals surface area contributed by atoms with Gasteiger partial charge in [-0.25, -0.2) is 22.5 Å². The average molecular weight is 441 g/mol. The molecule has 0 unspecified atom stereocenters. The predicted molar refractivity (Wildman–Crippen MR) is 115 cm³/mol. The number of rotatable bonds is 5. The normalized spacial score (nSPS) is 15.8. The highest BCUT2D eigenvalue weighted by molar-refractivity contribution is 7.92.